The maximum atomic E-state index is 11.2. The highest BCUT2D eigenvalue weighted by atomic mass is 16.1. The van der Waals surface area contributed by atoms with Crippen LogP contribution in [0, 0.1) is 0 Å². The van der Waals surface area contributed by atoms with E-state index in [0.29, 0.717) is 0 Å². The molecule has 0 aliphatic carbocycles. The van der Waals surface area contributed by atoms with Crippen LogP contribution in [0.2, 0.25) is 0 Å². The second-order valence-corrected chi connectivity index (χ2v) is 3.20. The third kappa shape index (κ3) is 1.16. The quantitative estimate of drug-likeness (QED) is 0.587. The van der Waals surface area contributed by atoms with Gasteiger partial charge in [0.2, 0.25) is 0 Å². The largest absolute Gasteiger partial charge is 0.318 e. The minimum absolute atomic E-state index is 0.0810. The first-order valence-electron chi connectivity index (χ1n) is 4.16. The lowest BCUT2D eigenvalue weighted by Gasteiger charge is -2.16. The standard InChI is InChI=1S/C9H12N2O/c1-11-6-7-2-3-10-5-8(7)4-9(11)12/h4,6,10H,2-3,5H2,1H3. The van der Waals surface area contributed by atoms with Gasteiger partial charge in [-0.1, -0.05) is 0 Å². The number of nitrogens with zero attached hydrogens (tertiary/aromatic N) is 1. The van der Waals surface area contributed by atoms with Crippen molar-refractivity contribution in [3.05, 3.63) is 33.7 Å². The Bertz CT molecular complexity index is 354. The highest BCUT2D eigenvalue weighted by molar-refractivity contribution is 5.25. The van der Waals surface area contributed by atoms with Gasteiger partial charge in [-0.15, -0.1) is 0 Å². The van der Waals surface area contributed by atoms with Gasteiger partial charge in [-0.05, 0) is 24.1 Å². The van der Waals surface area contributed by atoms with Crippen LogP contribution >= 0.6 is 0 Å². The van der Waals surface area contributed by atoms with Gasteiger partial charge in [0, 0.05) is 25.9 Å². The van der Waals surface area contributed by atoms with Gasteiger partial charge in [-0.3, -0.25) is 4.79 Å². The van der Waals surface area contributed by atoms with E-state index >= 15 is 0 Å². The lowest BCUT2D eigenvalue weighted by atomic mass is 10.0. The van der Waals surface area contributed by atoms with Crippen LogP contribution in [0.15, 0.2) is 17.1 Å². The number of hydrogen-bond acceptors (Lipinski definition) is 2. The minimum Gasteiger partial charge on any atom is -0.318 e. The van der Waals surface area contributed by atoms with Gasteiger partial charge in [-0.25, -0.2) is 0 Å². The molecule has 1 aromatic heterocycles. The number of nitrogens with one attached hydrogen (secondary N) is 1. The Balaban J connectivity index is 2.56. The van der Waals surface area contributed by atoms with Gasteiger partial charge in [0.15, 0.2) is 0 Å². The number of pyridine rings is 1. The summed E-state index contributed by atoms with van der Waals surface area (Å²) in [6.07, 6.45) is 2.97. The third-order valence-electron chi connectivity index (χ3n) is 2.29. The fourth-order valence-corrected chi connectivity index (χ4v) is 1.56. The van der Waals surface area contributed by atoms with E-state index in [-0.39, 0.29) is 5.56 Å². The molecule has 0 radical (unpaired) electrons. The average molecular weight is 164 g/mol. The summed E-state index contributed by atoms with van der Waals surface area (Å²) in [5.41, 5.74) is 2.54. The molecule has 0 atom stereocenters. The Morgan fingerprint density at radius 1 is 1.50 bits per heavy atom. The Kier molecular flexibility index (Phi) is 1.73. The van der Waals surface area contributed by atoms with Gasteiger partial charge >= 0.3 is 0 Å². The minimum atomic E-state index is 0.0810. The predicted molar refractivity (Wildman–Crippen MR) is 47.1 cm³/mol. The molecule has 0 aromatic carbocycles. The highest BCUT2D eigenvalue weighted by Gasteiger charge is 2.08. The first-order chi connectivity index (χ1) is 5.77. The van der Waals surface area contributed by atoms with E-state index in [0.717, 1.165) is 25.1 Å². The summed E-state index contributed by atoms with van der Waals surface area (Å²) >= 11 is 0. The van der Waals surface area contributed by atoms with Crippen LogP contribution in [-0.4, -0.2) is 11.1 Å². The van der Waals surface area contributed by atoms with Crippen LogP contribution in [-0.2, 0) is 20.0 Å². The summed E-state index contributed by atoms with van der Waals surface area (Å²) in [6.45, 7) is 1.86. The Labute approximate surface area is 71.0 Å². The van der Waals surface area contributed by atoms with Gasteiger partial charge in [0.1, 0.15) is 0 Å². The first-order valence-corrected chi connectivity index (χ1v) is 4.16. The zero-order chi connectivity index (χ0) is 8.55. The molecule has 64 valence electrons. The summed E-state index contributed by atoms with van der Waals surface area (Å²) in [4.78, 5) is 11.2. The molecule has 0 fully saturated rings. The number of aromatic nitrogens is 1. The van der Waals surface area contributed by atoms with Gasteiger partial charge in [-0.2, -0.15) is 0 Å². The van der Waals surface area contributed by atoms with Crippen LogP contribution in [0.4, 0.5) is 0 Å². The number of rotatable bonds is 0. The lowest BCUT2D eigenvalue weighted by molar-refractivity contribution is 0.632. The van der Waals surface area contributed by atoms with Crippen molar-refractivity contribution in [2.75, 3.05) is 6.54 Å². The summed E-state index contributed by atoms with van der Waals surface area (Å²) in [6, 6.07) is 1.72. The molecule has 0 unspecified atom stereocenters. The topological polar surface area (TPSA) is 34.0 Å². The number of fused-ring (bicyclic) bond motifs is 1. The van der Waals surface area contributed by atoms with Crippen molar-refractivity contribution < 1.29 is 0 Å². The van der Waals surface area contributed by atoms with Crippen molar-refractivity contribution >= 4 is 0 Å². The van der Waals surface area contributed by atoms with Crippen LogP contribution in [0.1, 0.15) is 11.1 Å². The Morgan fingerprint density at radius 2 is 2.33 bits per heavy atom. The molecule has 3 heteroatoms. The molecule has 0 saturated heterocycles. The van der Waals surface area contributed by atoms with Gasteiger partial charge < -0.3 is 9.88 Å². The van der Waals surface area contributed by atoms with Crippen molar-refractivity contribution in [2.45, 2.75) is 13.0 Å². The van der Waals surface area contributed by atoms with Crippen molar-refractivity contribution in [3.63, 3.8) is 0 Å². The first kappa shape index (κ1) is 7.55. The third-order valence-corrected chi connectivity index (χ3v) is 2.29. The molecule has 2 heterocycles. The SMILES string of the molecule is Cn1cc2c(cc1=O)CNCC2. The van der Waals surface area contributed by atoms with Crippen LogP contribution in [0.5, 0.6) is 0 Å². The molecule has 1 N–H and O–H groups in total. The van der Waals surface area contributed by atoms with E-state index in [1.807, 2.05) is 6.20 Å². The molecular formula is C9H12N2O. The molecule has 1 aliphatic heterocycles. The summed E-state index contributed by atoms with van der Waals surface area (Å²) < 4.78 is 1.64. The fraction of sp³-hybridized carbons (Fsp3) is 0.444. The molecular weight excluding hydrogens is 152 g/mol. The molecule has 1 aliphatic rings. The zero-order valence-electron chi connectivity index (χ0n) is 7.13. The maximum Gasteiger partial charge on any atom is 0.250 e. The average Bonchev–Trinajstić information content (AvgIpc) is 2.07. The molecule has 0 amide bonds. The van der Waals surface area contributed by atoms with Crippen molar-refractivity contribution in [1.29, 1.82) is 0 Å². The van der Waals surface area contributed by atoms with Crippen LogP contribution in [0.3, 0.4) is 0 Å². The molecule has 3 nitrogen and oxygen atoms in total. The van der Waals surface area contributed by atoms with E-state index in [1.54, 1.807) is 17.7 Å². The van der Waals surface area contributed by atoms with Crippen LogP contribution < -0.4 is 10.9 Å². The molecule has 2 rings (SSSR count). The summed E-state index contributed by atoms with van der Waals surface area (Å²) in [5, 5.41) is 3.24. The van der Waals surface area contributed by atoms with E-state index in [9.17, 15) is 4.79 Å². The van der Waals surface area contributed by atoms with Crippen molar-refractivity contribution in [3.8, 4) is 0 Å². The predicted octanol–water partition coefficient (Wildman–Crippen LogP) is 0.0310. The monoisotopic (exact) mass is 164 g/mol. The summed E-state index contributed by atoms with van der Waals surface area (Å²) in [5.74, 6) is 0. The lowest BCUT2D eigenvalue weighted by Crippen LogP contribution is -2.27. The van der Waals surface area contributed by atoms with Gasteiger partial charge in [0.05, 0.1) is 0 Å². The Hall–Kier alpha value is -1.09. The molecule has 12 heavy (non-hydrogen) atoms. The second-order valence-electron chi connectivity index (χ2n) is 3.20. The number of aryl methyl sites for hydroxylation is 1. The van der Waals surface area contributed by atoms with E-state index < -0.39 is 0 Å². The maximum absolute atomic E-state index is 11.2. The summed E-state index contributed by atoms with van der Waals surface area (Å²) in [7, 11) is 1.80. The van der Waals surface area contributed by atoms with E-state index in [1.165, 1.54) is 5.56 Å². The van der Waals surface area contributed by atoms with Crippen molar-refractivity contribution in [2.24, 2.45) is 7.05 Å². The van der Waals surface area contributed by atoms with Gasteiger partial charge in [0.25, 0.3) is 5.56 Å². The molecule has 0 bridgehead atoms. The molecule has 0 spiro atoms. The van der Waals surface area contributed by atoms with Crippen LogP contribution in [0.25, 0.3) is 0 Å². The smallest absolute Gasteiger partial charge is 0.250 e. The zero-order valence-corrected chi connectivity index (χ0v) is 7.13. The number of hydrogen-bond donors (Lipinski definition) is 1. The normalized spacial score (nSPS) is 15.8. The molecule has 1 aromatic rings. The van der Waals surface area contributed by atoms with E-state index in [2.05, 4.69) is 5.32 Å². The van der Waals surface area contributed by atoms with Crippen molar-refractivity contribution in [1.82, 2.24) is 9.88 Å². The molecule has 0 saturated carbocycles. The Morgan fingerprint density at radius 3 is 3.17 bits per heavy atom. The second kappa shape index (κ2) is 2.75. The highest BCUT2D eigenvalue weighted by Crippen LogP contribution is 2.09. The fourth-order valence-electron chi connectivity index (χ4n) is 1.56. The van der Waals surface area contributed by atoms with E-state index in [4.69, 9.17) is 0 Å².